The van der Waals surface area contributed by atoms with Crippen molar-refractivity contribution in [3.63, 3.8) is 0 Å². The molecule has 0 spiro atoms. The van der Waals surface area contributed by atoms with E-state index < -0.39 is 21.7 Å². The minimum Gasteiger partial charge on any atom is -0.207 e. The van der Waals surface area contributed by atoms with Gasteiger partial charge < -0.3 is 0 Å². The van der Waals surface area contributed by atoms with Crippen molar-refractivity contribution in [2.24, 2.45) is 0 Å². The Labute approximate surface area is 123 Å². The molecular weight excluding hydrogens is 352 g/mol. The molecule has 0 aliphatic carbocycles. The number of nitrogens with one attached hydrogen (secondary N) is 1. The highest BCUT2D eigenvalue weighted by molar-refractivity contribution is 9.10. The molecular formula is C13H10BrF2NO2S. The van der Waals surface area contributed by atoms with Crippen LogP contribution in [0.3, 0.4) is 0 Å². The lowest BCUT2D eigenvalue weighted by Crippen LogP contribution is -2.23. The molecule has 0 amide bonds. The number of halogens is 3. The van der Waals surface area contributed by atoms with Gasteiger partial charge in [0.2, 0.25) is 10.0 Å². The molecule has 0 fully saturated rings. The standard InChI is InChI=1S/C13H10BrF2NO2S/c14-12-3-1-2-4-13(12)20(18,19)17-8-9-5-10(15)7-11(16)6-9/h1-7,17H,8H2. The predicted molar refractivity (Wildman–Crippen MR) is 74.5 cm³/mol. The maximum Gasteiger partial charge on any atom is 0.241 e. The maximum absolute atomic E-state index is 13.0. The summed E-state index contributed by atoms with van der Waals surface area (Å²) in [5.74, 6) is -1.50. The summed E-state index contributed by atoms with van der Waals surface area (Å²) in [6.07, 6.45) is 0. The van der Waals surface area contributed by atoms with Crippen LogP contribution >= 0.6 is 15.9 Å². The van der Waals surface area contributed by atoms with Crippen molar-refractivity contribution in [3.8, 4) is 0 Å². The third kappa shape index (κ3) is 3.62. The van der Waals surface area contributed by atoms with Crippen molar-refractivity contribution in [2.45, 2.75) is 11.4 Å². The predicted octanol–water partition coefficient (Wildman–Crippen LogP) is 3.21. The van der Waals surface area contributed by atoms with E-state index in [9.17, 15) is 17.2 Å². The van der Waals surface area contributed by atoms with Crippen LogP contribution in [0.15, 0.2) is 51.8 Å². The number of hydrogen-bond acceptors (Lipinski definition) is 2. The van der Waals surface area contributed by atoms with Gasteiger partial charge in [-0.15, -0.1) is 0 Å². The maximum atomic E-state index is 13.0. The highest BCUT2D eigenvalue weighted by Crippen LogP contribution is 2.21. The molecule has 20 heavy (non-hydrogen) atoms. The monoisotopic (exact) mass is 361 g/mol. The molecule has 0 radical (unpaired) electrons. The largest absolute Gasteiger partial charge is 0.241 e. The van der Waals surface area contributed by atoms with Crippen LogP contribution < -0.4 is 4.72 Å². The highest BCUT2D eigenvalue weighted by atomic mass is 79.9. The summed E-state index contributed by atoms with van der Waals surface area (Å²) in [4.78, 5) is 0.0666. The molecule has 0 saturated heterocycles. The Hall–Kier alpha value is -1.31. The Morgan fingerprint density at radius 3 is 2.25 bits per heavy atom. The van der Waals surface area contributed by atoms with Gasteiger partial charge in [-0.05, 0) is 45.8 Å². The second-order valence-electron chi connectivity index (χ2n) is 4.03. The van der Waals surface area contributed by atoms with Crippen molar-refractivity contribution >= 4 is 26.0 Å². The van der Waals surface area contributed by atoms with E-state index >= 15 is 0 Å². The second-order valence-corrected chi connectivity index (χ2v) is 6.62. The van der Waals surface area contributed by atoms with Gasteiger partial charge in [-0.3, -0.25) is 0 Å². The van der Waals surface area contributed by atoms with E-state index in [1.165, 1.54) is 6.07 Å². The average Bonchev–Trinajstić information content (AvgIpc) is 2.36. The fourth-order valence-electron chi connectivity index (χ4n) is 1.63. The molecule has 7 heteroatoms. The van der Waals surface area contributed by atoms with E-state index in [4.69, 9.17) is 0 Å². The fourth-order valence-corrected chi connectivity index (χ4v) is 3.65. The third-order valence-electron chi connectivity index (χ3n) is 2.51. The van der Waals surface area contributed by atoms with Crippen LogP contribution in [0, 0.1) is 11.6 Å². The van der Waals surface area contributed by atoms with Gasteiger partial charge in [0, 0.05) is 17.1 Å². The van der Waals surface area contributed by atoms with Crippen LogP contribution in [0.25, 0.3) is 0 Å². The second kappa shape index (κ2) is 5.99. The summed E-state index contributed by atoms with van der Waals surface area (Å²) in [5.41, 5.74) is 0.207. The van der Waals surface area contributed by atoms with Gasteiger partial charge in [-0.2, -0.15) is 0 Å². The Kier molecular flexibility index (Phi) is 4.52. The van der Waals surface area contributed by atoms with Crippen LogP contribution in [0.2, 0.25) is 0 Å². The molecule has 0 atom stereocenters. The zero-order valence-electron chi connectivity index (χ0n) is 10.1. The van der Waals surface area contributed by atoms with E-state index in [1.54, 1.807) is 18.2 Å². The molecule has 0 aliphatic heterocycles. The summed E-state index contributed by atoms with van der Waals surface area (Å²) in [6, 6.07) is 9.17. The van der Waals surface area contributed by atoms with Crippen molar-refractivity contribution < 1.29 is 17.2 Å². The van der Waals surface area contributed by atoms with Gasteiger partial charge >= 0.3 is 0 Å². The summed E-state index contributed by atoms with van der Waals surface area (Å²) >= 11 is 3.14. The van der Waals surface area contributed by atoms with Gasteiger partial charge in [-0.25, -0.2) is 21.9 Å². The molecule has 2 aromatic carbocycles. The minimum atomic E-state index is -3.76. The first kappa shape index (κ1) is 15.1. The van der Waals surface area contributed by atoms with Gasteiger partial charge in [0.15, 0.2) is 0 Å². The Bertz CT molecular complexity index is 715. The summed E-state index contributed by atoms with van der Waals surface area (Å²) < 4.78 is 52.9. The first-order valence-corrected chi connectivity index (χ1v) is 7.85. The molecule has 0 bridgehead atoms. The van der Waals surface area contributed by atoms with Crippen LogP contribution in [0.5, 0.6) is 0 Å². The Morgan fingerprint density at radius 2 is 1.65 bits per heavy atom. The summed E-state index contributed by atoms with van der Waals surface area (Å²) in [5, 5.41) is 0. The zero-order valence-corrected chi connectivity index (χ0v) is 12.5. The number of rotatable bonds is 4. The SMILES string of the molecule is O=S(=O)(NCc1cc(F)cc(F)c1)c1ccccc1Br. The van der Waals surface area contributed by atoms with Gasteiger partial charge in [0.05, 0.1) is 4.90 Å². The van der Waals surface area contributed by atoms with E-state index in [0.29, 0.717) is 4.47 Å². The molecule has 3 nitrogen and oxygen atoms in total. The van der Waals surface area contributed by atoms with Crippen molar-refractivity contribution in [2.75, 3.05) is 0 Å². The molecule has 2 rings (SSSR count). The fraction of sp³-hybridized carbons (Fsp3) is 0.0769. The lowest BCUT2D eigenvalue weighted by Gasteiger charge is -2.08. The zero-order chi connectivity index (χ0) is 14.8. The van der Waals surface area contributed by atoms with Crippen LogP contribution in [-0.4, -0.2) is 8.42 Å². The first-order valence-electron chi connectivity index (χ1n) is 5.58. The quantitative estimate of drug-likeness (QED) is 0.908. The molecule has 1 N–H and O–H groups in total. The van der Waals surface area contributed by atoms with Gasteiger partial charge in [0.1, 0.15) is 11.6 Å². The molecule has 0 saturated carbocycles. The topological polar surface area (TPSA) is 46.2 Å². The Balaban J connectivity index is 2.20. The molecule has 0 aromatic heterocycles. The first-order chi connectivity index (χ1) is 9.38. The van der Waals surface area contributed by atoms with Crippen molar-refractivity contribution in [1.29, 1.82) is 0 Å². The summed E-state index contributed by atoms with van der Waals surface area (Å²) in [6.45, 7) is -0.196. The van der Waals surface area contributed by atoms with Crippen molar-refractivity contribution in [3.05, 3.63) is 64.1 Å². The van der Waals surface area contributed by atoms with Gasteiger partial charge in [-0.1, -0.05) is 12.1 Å². The minimum absolute atomic E-state index is 0.0666. The number of sulfonamides is 1. The lowest BCUT2D eigenvalue weighted by molar-refractivity contribution is 0.571. The van der Waals surface area contributed by atoms with Gasteiger partial charge in [0.25, 0.3) is 0 Å². The van der Waals surface area contributed by atoms with E-state index in [0.717, 1.165) is 18.2 Å². The number of benzene rings is 2. The normalized spacial score (nSPS) is 11.6. The molecule has 2 aromatic rings. The molecule has 0 aliphatic rings. The molecule has 106 valence electrons. The van der Waals surface area contributed by atoms with E-state index in [2.05, 4.69) is 20.7 Å². The highest BCUT2D eigenvalue weighted by Gasteiger charge is 2.16. The number of hydrogen-bond donors (Lipinski definition) is 1. The van der Waals surface area contributed by atoms with E-state index in [1.807, 2.05) is 0 Å². The molecule has 0 unspecified atom stereocenters. The van der Waals surface area contributed by atoms with Crippen LogP contribution in [-0.2, 0) is 16.6 Å². The lowest BCUT2D eigenvalue weighted by atomic mass is 10.2. The smallest absolute Gasteiger partial charge is 0.207 e. The van der Waals surface area contributed by atoms with Crippen LogP contribution in [0.1, 0.15) is 5.56 Å². The van der Waals surface area contributed by atoms with Crippen molar-refractivity contribution in [1.82, 2.24) is 4.72 Å². The van der Waals surface area contributed by atoms with E-state index in [-0.39, 0.29) is 17.0 Å². The third-order valence-corrected chi connectivity index (χ3v) is 4.93. The Morgan fingerprint density at radius 1 is 1.05 bits per heavy atom. The van der Waals surface area contributed by atoms with Crippen LogP contribution in [0.4, 0.5) is 8.78 Å². The average molecular weight is 362 g/mol. The molecule has 0 heterocycles. The summed E-state index contributed by atoms with van der Waals surface area (Å²) in [7, 11) is -3.76.